The average molecular weight is 338 g/mol. The summed E-state index contributed by atoms with van der Waals surface area (Å²) in [7, 11) is 0. The lowest BCUT2D eigenvalue weighted by Gasteiger charge is -2.13. The van der Waals surface area contributed by atoms with Gasteiger partial charge in [-0.3, -0.25) is 0 Å². The largest absolute Gasteiger partial charge is 0.507 e. The third-order valence-corrected chi connectivity index (χ3v) is 4.50. The first kappa shape index (κ1) is 16.0. The van der Waals surface area contributed by atoms with E-state index in [-0.39, 0.29) is 11.5 Å². The Bertz CT molecular complexity index is 1040. The summed E-state index contributed by atoms with van der Waals surface area (Å²) in [4.78, 5) is 0. The Morgan fingerprint density at radius 2 is 1.04 bits per heavy atom. The molecule has 2 heteroatoms. The number of phenolic OH excluding ortho intramolecular Hbond substituents is 2. The molecule has 0 aromatic heterocycles. The van der Waals surface area contributed by atoms with Crippen LogP contribution >= 0.6 is 0 Å². The highest BCUT2D eigenvalue weighted by atomic mass is 16.3. The summed E-state index contributed by atoms with van der Waals surface area (Å²) in [5.74, 6) is 0.151. The molecule has 0 aliphatic rings. The summed E-state index contributed by atoms with van der Waals surface area (Å²) in [6, 6.07) is 31.0. The van der Waals surface area contributed by atoms with Gasteiger partial charge in [0.1, 0.15) is 11.5 Å². The zero-order valence-corrected chi connectivity index (χ0v) is 14.1. The van der Waals surface area contributed by atoms with E-state index in [9.17, 15) is 10.2 Å². The van der Waals surface area contributed by atoms with E-state index < -0.39 is 0 Å². The molecule has 0 atom stereocenters. The van der Waals surface area contributed by atoms with E-state index in [1.54, 1.807) is 12.1 Å². The fourth-order valence-corrected chi connectivity index (χ4v) is 3.20. The van der Waals surface area contributed by atoms with E-state index >= 15 is 0 Å². The van der Waals surface area contributed by atoms with Crippen molar-refractivity contribution in [3.8, 4) is 44.9 Å². The monoisotopic (exact) mass is 338 g/mol. The van der Waals surface area contributed by atoms with Gasteiger partial charge in [0.05, 0.1) is 5.56 Å². The second kappa shape index (κ2) is 6.77. The summed E-state index contributed by atoms with van der Waals surface area (Å²) in [5.41, 5.74) is 5.03. The lowest BCUT2D eigenvalue weighted by atomic mass is 9.94. The molecule has 0 spiro atoms. The molecule has 0 aliphatic carbocycles. The first-order chi connectivity index (χ1) is 12.7. The Balaban J connectivity index is 1.85. The molecule has 0 aliphatic heterocycles. The van der Waals surface area contributed by atoms with E-state index in [0.29, 0.717) is 11.1 Å². The number of rotatable bonds is 3. The standard InChI is InChI=1S/C24H18O2/c25-22-15-14-21(24(26)23(22)18-10-5-2-6-11-18)20-13-7-12-19(16-20)17-8-3-1-4-9-17/h1-16,25-26H. The van der Waals surface area contributed by atoms with Crippen molar-refractivity contribution < 1.29 is 10.2 Å². The summed E-state index contributed by atoms with van der Waals surface area (Å²) >= 11 is 0. The van der Waals surface area contributed by atoms with Crippen molar-refractivity contribution in [2.75, 3.05) is 0 Å². The predicted octanol–water partition coefficient (Wildman–Crippen LogP) is 6.10. The van der Waals surface area contributed by atoms with Crippen LogP contribution in [0, 0.1) is 0 Å². The van der Waals surface area contributed by atoms with Crippen molar-refractivity contribution in [1.29, 1.82) is 0 Å². The van der Waals surface area contributed by atoms with Crippen LogP contribution in [0.5, 0.6) is 11.5 Å². The Hall–Kier alpha value is -3.52. The Morgan fingerprint density at radius 3 is 1.73 bits per heavy atom. The third kappa shape index (κ3) is 2.93. The molecule has 0 amide bonds. The van der Waals surface area contributed by atoms with Crippen LogP contribution in [0.3, 0.4) is 0 Å². The number of hydrogen-bond donors (Lipinski definition) is 2. The van der Waals surface area contributed by atoms with E-state index in [1.165, 1.54) is 0 Å². The molecule has 2 N–H and O–H groups in total. The zero-order valence-electron chi connectivity index (χ0n) is 14.1. The van der Waals surface area contributed by atoms with Crippen LogP contribution in [0.4, 0.5) is 0 Å². The predicted molar refractivity (Wildman–Crippen MR) is 106 cm³/mol. The Labute approximate surface area is 152 Å². The second-order valence-corrected chi connectivity index (χ2v) is 6.17. The van der Waals surface area contributed by atoms with E-state index in [2.05, 4.69) is 24.3 Å². The second-order valence-electron chi connectivity index (χ2n) is 6.17. The molecule has 26 heavy (non-hydrogen) atoms. The van der Waals surface area contributed by atoms with Gasteiger partial charge in [-0.2, -0.15) is 0 Å². The van der Waals surface area contributed by atoms with Crippen LogP contribution < -0.4 is 0 Å². The molecule has 0 heterocycles. The quantitative estimate of drug-likeness (QED) is 0.474. The van der Waals surface area contributed by atoms with Gasteiger partial charge in [0.25, 0.3) is 0 Å². The van der Waals surface area contributed by atoms with Crippen molar-refractivity contribution in [1.82, 2.24) is 0 Å². The number of aromatic hydroxyl groups is 2. The number of benzene rings is 4. The molecule has 4 aromatic carbocycles. The van der Waals surface area contributed by atoms with Crippen LogP contribution in [0.15, 0.2) is 97.1 Å². The molecule has 0 bridgehead atoms. The Morgan fingerprint density at radius 1 is 0.462 bits per heavy atom. The van der Waals surface area contributed by atoms with Crippen LogP contribution in [0.2, 0.25) is 0 Å². The maximum atomic E-state index is 10.9. The van der Waals surface area contributed by atoms with Crippen molar-refractivity contribution in [2.24, 2.45) is 0 Å². The molecule has 2 nitrogen and oxygen atoms in total. The van der Waals surface area contributed by atoms with Gasteiger partial charge in [-0.05, 0) is 40.5 Å². The normalized spacial score (nSPS) is 10.6. The molecule has 0 radical (unpaired) electrons. The molecular weight excluding hydrogens is 320 g/mol. The smallest absolute Gasteiger partial charge is 0.134 e. The molecular formula is C24H18O2. The maximum Gasteiger partial charge on any atom is 0.134 e. The van der Waals surface area contributed by atoms with Gasteiger partial charge < -0.3 is 10.2 Å². The molecule has 4 rings (SSSR count). The average Bonchev–Trinajstić information content (AvgIpc) is 2.70. The summed E-state index contributed by atoms with van der Waals surface area (Å²) in [5, 5.41) is 21.2. The van der Waals surface area contributed by atoms with Gasteiger partial charge in [0.15, 0.2) is 0 Å². The van der Waals surface area contributed by atoms with Gasteiger partial charge in [-0.15, -0.1) is 0 Å². The SMILES string of the molecule is Oc1ccc(-c2cccc(-c3ccccc3)c2)c(O)c1-c1ccccc1. The summed E-state index contributed by atoms with van der Waals surface area (Å²) in [6.45, 7) is 0. The van der Waals surface area contributed by atoms with Gasteiger partial charge in [-0.25, -0.2) is 0 Å². The highest BCUT2D eigenvalue weighted by molar-refractivity contribution is 5.86. The Kier molecular flexibility index (Phi) is 4.16. The minimum Gasteiger partial charge on any atom is -0.507 e. The fraction of sp³-hybridized carbons (Fsp3) is 0. The zero-order chi connectivity index (χ0) is 17.9. The highest BCUT2D eigenvalue weighted by Gasteiger charge is 2.15. The van der Waals surface area contributed by atoms with Crippen LogP contribution in [-0.4, -0.2) is 10.2 Å². The molecule has 0 saturated heterocycles. The minimum atomic E-state index is 0.0664. The molecule has 0 fully saturated rings. The van der Waals surface area contributed by atoms with Gasteiger partial charge >= 0.3 is 0 Å². The van der Waals surface area contributed by atoms with Crippen molar-refractivity contribution in [3.05, 3.63) is 97.1 Å². The minimum absolute atomic E-state index is 0.0664. The van der Waals surface area contributed by atoms with E-state index in [1.807, 2.05) is 60.7 Å². The first-order valence-electron chi connectivity index (χ1n) is 8.50. The van der Waals surface area contributed by atoms with Crippen molar-refractivity contribution in [3.63, 3.8) is 0 Å². The lowest BCUT2D eigenvalue weighted by molar-refractivity contribution is 0.455. The van der Waals surface area contributed by atoms with Gasteiger partial charge in [0, 0.05) is 5.56 Å². The van der Waals surface area contributed by atoms with E-state index in [4.69, 9.17) is 0 Å². The summed E-state index contributed by atoms with van der Waals surface area (Å²) in [6.07, 6.45) is 0. The van der Waals surface area contributed by atoms with Crippen molar-refractivity contribution >= 4 is 0 Å². The fourth-order valence-electron chi connectivity index (χ4n) is 3.20. The van der Waals surface area contributed by atoms with Gasteiger partial charge in [-0.1, -0.05) is 78.9 Å². The topological polar surface area (TPSA) is 40.5 Å². The van der Waals surface area contributed by atoms with Gasteiger partial charge in [0.2, 0.25) is 0 Å². The molecule has 0 saturated carbocycles. The molecule has 126 valence electrons. The third-order valence-electron chi connectivity index (χ3n) is 4.50. The number of hydrogen-bond acceptors (Lipinski definition) is 2. The molecule has 4 aromatic rings. The highest BCUT2D eigenvalue weighted by Crippen LogP contribution is 2.43. The molecule has 0 unspecified atom stereocenters. The van der Waals surface area contributed by atoms with Crippen LogP contribution in [-0.2, 0) is 0 Å². The van der Waals surface area contributed by atoms with Crippen LogP contribution in [0.1, 0.15) is 0 Å². The first-order valence-corrected chi connectivity index (χ1v) is 8.50. The van der Waals surface area contributed by atoms with E-state index in [0.717, 1.165) is 22.3 Å². The number of phenols is 2. The maximum absolute atomic E-state index is 10.9. The summed E-state index contributed by atoms with van der Waals surface area (Å²) < 4.78 is 0. The van der Waals surface area contributed by atoms with Crippen LogP contribution in [0.25, 0.3) is 33.4 Å². The lowest BCUT2D eigenvalue weighted by Crippen LogP contribution is -1.86. The van der Waals surface area contributed by atoms with Crippen molar-refractivity contribution in [2.45, 2.75) is 0 Å².